The fourth-order valence-electron chi connectivity index (χ4n) is 3.73. The molecule has 1 saturated heterocycles. The van der Waals surface area contributed by atoms with Gasteiger partial charge in [-0.2, -0.15) is 4.98 Å². The van der Waals surface area contributed by atoms with E-state index in [0.717, 1.165) is 50.7 Å². The van der Waals surface area contributed by atoms with Crippen LogP contribution in [-0.4, -0.2) is 53.5 Å². The van der Waals surface area contributed by atoms with Gasteiger partial charge in [0.1, 0.15) is 5.82 Å². The maximum absolute atomic E-state index is 12.5. The van der Waals surface area contributed by atoms with Gasteiger partial charge in [0.2, 0.25) is 11.9 Å². The second kappa shape index (κ2) is 7.81. The Labute approximate surface area is 144 Å². The van der Waals surface area contributed by atoms with Crippen LogP contribution in [0.15, 0.2) is 6.07 Å². The van der Waals surface area contributed by atoms with Gasteiger partial charge in [0, 0.05) is 50.9 Å². The first kappa shape index (κ1) is 17.0. The Bertz CT molecular complexity index is 563. The maximum Gasteiger partial charge on any atom is 0.224 e. The molecule has 132 valence electrons. The van der Waals surface area contributed by atoms with Gasteiger partial charge < -0.3 is 15.1 Å². The van der Waals surface area contributed by atoms with E-state index in [1.807, 2.05) is 24.8 Å². The highest BCUT2D eigenvalue weighted by Gasteiger charge is 2.25. The molecule has 1 aliphatic carbocycles. The molecule has 2 fully saturated rings. The van der Waals surface area contributed by atoms with Crippen LogP contribution in [0.25, 0.3) is 0 Å². The molecule has 2 aliphatic rings. The van der Waals surface area contributed by atoms with Crippen LogP contribution in [0.3, 0.4) is 0 Å². The molecule has 1 aliphatic heterocycles. The van der Waals surface area contributed by atoms with Crippen LogP contribution >= 0.6 is 0 Å². The lowest BCUT2D eigenvalue weighted by atomic mass is 10.0. The molecule has 0 bridgehead atoms. The van der Waals surface area contributed by atoms with Crippen molar-refractivity contribution in [3.63, 3.8) is 0 Å². The van der Waals surface area contributed by atoms with E-state index in [2.05, 4.69) is 20.2 Å². The van der Waals surface area contributed by atoms with Crippen LogP contribution in [0.1, 0.15) is 44.7 Å². The standard InChI is InChI=1S/C18H29N5O/c1-3-19-18-20-14(2)12-16(21-18)22-8-10-23(11-9-22)17(24)13-15-6-4-5-7-15/h12,15H,3-11,13H2,1-2H3,(H,19,20,21). The van der Waals surface area contributed by atoms with Crippen LogP contribution in [-0.2, 0) is 4.79 Å². The molecule has 0 atom stereocenters. The number of aromatic nitrogens is 2. The number of aryl methyl sites for hydroxylation is 1. The van der Waals surface area contributed by atoms with Gasteiger partial charge >= 0.3 is 0 Å². The van der Waals surface area contributed by atoms with Crippen molar-refractivity contribution in [1.82, 2.24) is 14.9 Å². The first-order valence-electron chi connectivity index (χ1n) is 9.28. The Hall–Kier alpha value is -1.85. The third-order valence-corrected chi connectivity index (χ3v) is 5.07. The van der Waals surface area contributed by atoms with E-state index in [9.17, 15) is 4.79 Å². The molecule has 1 aromatic rings. The molecule has 0 spiro atoms. The summed E-state index contributed by atoms with van der Waals surface area (Å²) in [5.41, 5.74) is 0.968. The first-order chi connectivity index (χ1) is 11.7. The van der Waals surface area contributed by atoms with E-state index in [-0.39, 0.29) is 0 Å². The van der Waals surface area contributed by atoms with Crippen LogP contribution in [0, 0.1) is 12.8 Å². The molecule has 1 amide bonds. The highest BCUT2D eigenvalue weighted by Crippen LogP contribution is 2.28. The Kier molecular flexibility index (Phi) is 5.53. The normalized spacial score (nSPS) is 18.9. The summed E-state index contributed by atoms with van der Waals surface area (Å²) in [4.78, 5) is 25.8. The average molecular weight is 331 g/mol. The molecule has 1 saturated carbocycles. The van der Waals surface area contributed by atoms with Crippen molar-refractivity contribution in [3.8, 4) is 0 Å². The smallest absolute Gasteiger partial charge is 0.224 e. The Balaban J connectivity index is 1.55. The van der Waals surface area contributed by atoms with Gasteiger partial charge in [-0.3, -0.25) is 4.79 Å². The van der Waals surface area contributed by atoms with E-state index in [4.69, 9.17) is 0 Å². The van der Waals surface area contributed by atoms with E-state index < -0.39 is 0 Å². The number of rotatable bonds is 5. The zero-order valence-electron chi connectivity index (χ0n) is 14.9. The zero-order chi connectivity index (χ0) is 16.9. The number of carbonyl (C=O) groups excluding carboxylic acids is 1. The minimum atomic E-state index is 0.341. The highest BCUT2D eigenvalue weighted by molar-refractivity contribution is 5.76. The monoisotopic (exact) mass is 331 g/mol. The largest absolute Gasteiger partial charge is 0.354 e. The van der Waals surface area contributed by atoms with Gasteiger partial charge in [-0.25, -0.2) is 4.98 Å². The van der Waals surface area contributed by atoms with Gasteiger partial charge in [0.15, 0.2) is 0 Å². The number of nitrogens with zero attached hydrogens (tertiary/aromatic N) is 4. The van der Waals surface area contributed by atoms with Crippen molar-refractivity contribution in [2.24, 2.45) is 5.92 Å². The molecule has 6 heteroatoms. The highest BCUT2D eigenvalue weighted by atomic mass is 16.2. The number of piperazine rings is 1. The van der Waals surface area contributed by atoms with Crippen molar-refractivity contribution in [2.45, 2.75) is 46.0 Å². The quantitative estimate of drug-likeness (QED) is 0.898. The van der Waals surface area contributed by atoms with Crippen molar-refractivity contribution >= 4 is 17.7 Å². The van der Waals surface area contributed by atoms with Gasteiger partial charge in [-0.1, -0.05) is 12.8 Å². The van der Waals surface area contributed by atoms with Crippen molar-refractivity contribution < 1.29 is 4.79 Å². The molecule has 2 heterocycles. The molecule has 0 radical (unpaired) electrons. The second-order valence-electron chi connectivity index (χ2n) is 6.94. The van der Waals surface area contributed by atoms with Crippen LogP contribution in [0.5, 0.6) is 0 Å². The summed E-state index contributed by atoms with van der Waals surface area (Å²) >= 11 is 0. The molecular weight excluding hydrogens is 302 g/mol. The Morgan fingerprint density at radius 3 is 2.58 bits per heavy atom. The van der Waals surface area contributed by atoms with E-state index in [0.29, 0.717) is 17.8 Å². The summed E-state index contributed by atoms with van der Waals surface area (Å²) in [6.45, 7) is 8.13. The van der Waals surface area contributed by atoms with Gasteiger partial charge in [-0.15, -0.1) is 0 Å². The number of anilines is 2. The summed E-state index contributed by atoms with van der Waals surface area (Å²) in [5.74, 6) is 2.62. The lowest BCUT2D eigenvalue weighted by molar-refractivity contribution is -0.132. The van der Waals surface area contributed by atoms with E-state index >= 15 is 0 Å². The zero-order valence-corrected chi connectivity index (χ0v) is 14.9. The van der Waals surface area contributed by atoms with Crippen molar-refractivity contribution in [3.05, 3.63) is 11.8 Å². The van der Waals surface area contributed by atoms with E-state index in [1.165, 1.54) is 25.7 Å². The van der Waals surface area contributed by atoms with Gasteiger partial charge in [0.25, 0.3) is 0 Å². The maximum atomic E-state index is 12.5. The fourth-order valence-corrected chi connectivity index (χ4v) is 3.73. The van der Waals surface area contributed by atoms with Crippen LogP contribution < -0.4 is 10.2 Å². The number of nitrogens with one attached hydrogen (secondary N) is 1. The number of amides is 1. The van der Waals surface area contributed by atoms with Gasteiger partial charge in [-0.05, 0) is 32.6 Å². The Morgan fingerprint density at radius 1 is 1.21 bits per heavy atom. The predicted octanol–water partition coefficient (Wildman–Crippen LogP) is 2.45. The van der Waals surface area contributed by atoms with Gasteiger partial charge in [0.05, 0.1) is 0 Å². The average Bonchev–Trinajstić information content (AvgIpc) is 3.08. The van der Waals surface area contributed by atoms with Crippen molar-refractivity contribution in [1.29, 1.82) is 0 Å². The molecular formula is C18H29N5O. The molecule has 1 aromatic heterocycles. The number of carbonyl (C=O) groups is 1. The molecule has 0 unspecified atom stereocenters. The first-order valence-corrected chi connectivity index (χ1v) is 9.28. The second-order valence-corrected chi connectivity index (χ2v) is 6.94. The Morgan fingerprint density at radius 2 is 1.92 bits per heavy atom. The molecule has 1 N–H and O–H groups in total. The molecule has 24 heavy (non-hydrogen) atoms. The number of hydrogen-bond donors (Lipinski definition) is 1. The topological polar surface area (TPSA) is 61.4 Å². The van der Waals surface area contributed by atoms with Crippen molar-refractivity contribution in [2.75, 3.05) is 42.9 Å². The van der Waals surface area contributed by atoms with E-state index in [1.54, 1.807) is 0 Å². The molecule has 6 nitrogen and oxygen atoms in total. The SMILES string of the molecule is CCNc1nc(C)cc(N2CCN(C(=O)CC3CCCC3)CC2)n1. The third-order valence-electron chi connectivity index (χ3n) is 5.07. The van der Waals surface area contributed by atoms with Crippen LogP contribution in [0.4, 0.5) is 11.8 Å². The summed E-state index contributed by atoms with van der Waals surface area (Å²) in [7, 11) is 0. The lowest BCUT2D eigenvalue weighted by Crippen LogP contribution is -2.49. The number of hydrogen-bond acceptors (Lipinski definition) is 5. The summed E-state index contributed by atoms with van der Waals surface area (Å²) < 4.78 is 0. The molecule has 0 aromatic carbocycles. The predicted molar refractivity (Wildman–Crippen MR) is 96.3 cm³/mol. The minimum absolute atomic E-state index is 0.341. The van der Waals surface area contributed by atoms with Crippen LogP contribution in [0.2, 0.25) is 0 Å². The fraction of sp³-hybridized carbons (Fsp3) is 0.722. The third kappa shape index (κ3) is 4.16. The summed E-state index contributed by atoms with van der Waals surface area (Å²) in [6.07, 6.45) is 5.81. The molecule has 3 rings (SSSR count). The minimum Gasteiger partial charge on any atom is -0.354 e. The summed E-state index contributed by atoms with van der Waals surface area (Å²) in [5, 5.41) is 3.18. The summed E-state index contributed by atoms with van der Waals surface area (Å²) in [6, 6.07) is 2.02. The lowest BCUT2D eigenvalue weighted by Gasteiger charge is -2.36.